The van der Waals surface area contributed by atoms with Gasteiger partial charge in [0.25, 0.3) is 0 Å². The molecule has 118 valence electrons. The Balaban J connectivity index is 2.23. The van der Waals surface area contributed by atoms with Gasteiger partial charge in [-0.2, -0.15) is 0 Å². The molecule has 1 saturated carbocycles. The zero-order valence-corrected chi connectivity index (χ0v) is 12.2. The Bertz CT molecular complexity index is 629. The third kappa shape index (κ3) is 3.33. The lowest BCUT2D eigenvalue weighted by Gasteiger charge is -2.26. The van der Waals surface area contributed by atoms with Gasteiger partial charge in [0.1, 0.15) is 4.90 Å². The highest BCUT2D eigenvalue weighted by Gasteiger charge is 2.35. The molecule has 0 heterocycles. The number of nitrogens with one attached hydrogen (secondary N) is 1. The summed E-state index contributed by atoms with van der Waals surface area (Å²) in [6.45, 7) is -0.162. The molecule has 0 aliphatic heterocycles. The van der Waals surface area contributed by atoms with E-state index in [4.69, 9.17) is 5.73 Å². The molecule has 5 nitrogen and oxygen atoms in total. The molecule has 4 N–H and O–H groups in total. The zero-order chi connectivity index (χ0) is 15.7. The third-order valence-electron chi connectivity index (χ3n) is 3.94. The Morgan fingerprint density at radius 1 is 1.29 bits per heavy atom. The molecule has 0 bridgehead atoms. The minimum absolute atomic E-state index is 0.0122. The third-order valence-corrected chi connectivity index (χ3v) is 5.34. The smallest absolute Gasteiger partial charge is 0.243 e. The van der Waals surface area contributed by atoms with Gasteiger partial charge in [-0.25, -0.2) is 21.9 Å². The van der Waals surface area contributed by atoms with Gasteiger partial charge in [0.15, 0.2) is 11.6 Å². The summed E-state index contributed by atoms with van der Waals surface area (Å²) in [4.78, 5) is -0.814. The maximum Gasteiger partial charge on any atom is 0.243 e. The number of sulfonamides is 1. The lowest BCUT2D eigenvalue weighted by atomic mass is 9.88. The van der Waals surface area contributed by atoms with Gasteiger partial charge in [-0.05, 0) is 25.0 Å². The Hall–Kier alpha value is -1.25. The standard InChI is InChI=1S/C13H18F2N2O3S/c14-10-5-9(16)6-11(12(10)15)21(19,20)17-7-13(8-18)3-1-2-4-13/h5-6,17-18H,1-4,7-8,16H2. The molecule has 8 heteroatoms. The van der Waals surface area contributed by atoms with Gasteiger partial charge in [-0.1, -0.05) is 12.8 Å². The molecule has 1 fully saturated rings. The van der Waals surface area contributed by atoms with Crippen LogP contribution in [-0.2, 0) is 10.0 Å². The minimum Gasteiger partial charge on any atom is -0.399 e. The van der Waals surface area contributed by atoms with Crippen LogP contribution in [0.3, 0.4) is 0 Å². The maximum absolute atomic E-state index is 13.7. The molecule has 0 saturated heterocycles. The van der Waals surface area contributed by atoms with Gasteiger partial charge in [0, 0.05) is 24.3 Å². The van der Waals surface area contributed by atoms with Crippen molar-refractivity contribution in [3.63, 3.8) is 0 Å². The molecular formula is C13H18F2N2O3S. The molecule has 2 rings (SSSR count). The van der Waals surface area contributed by atoms with Crippen LogP contribution in [0.15, 0.2) is 17.0 Å². The van der Waals surface area contributed by atoms with Crippen molar-refractivity contribution in [3.05, 3.63) is 23.8 Å². The van der Waals surface area contributed by atoms with Gasteiger partial charge >= 0.3 is 0 Å². The van der Waals surface area contributed by atoms with E-state index in [2.05, 4.69) is 4.72 Å². The fraction of sp³-hybridized carbons (Fsp3) is 0.538. The Kier molecular flexibility index (Phi) is 4.50. The van der Waals surface area contributed by atoms with Crippen molar-refractivity contribution in [2.75, 3.05) is 18.9 Å². The number of hydrogen-bond donors (Lipinski definition) is 3. The normalized spacial score (nSPS) is 18.0. The van der Waals surface area contributed by atoms with Gasteiger partial charge in [0.05, 0.1) is 0 Å². The van der Waals surface area contributed by atoms with Gasteiger partial charge in [-0.15, -0.1) is 0 Å². The van der Waals surface area contributed by atoms with Crippen molar-refractivity contribution < 1.29 is 22.3 Å². The van der Waals surface area contributed by atoms with Crippen LogP contribution >= 0.6 is 0 Å². The molecule has 0 aromatic heterocycles. The lowest BCUT2D eigenvalue weighted by Crippen LogP contribution is -2.38. The lowest BCUT2D eigenvalue weighted by molar-refractivity contribution is 0.134. The molecule has 21 heavy (non-hydrogen) atoms. The fourth-order valence-electron chi connectivity index (χ4n) is 2.62. The largest absolute Gasteiger partial charge is 0.399 e. The van der Waals surface area contributed by atoms with Crippen LogP contribution < -0.4 is 10.5 Å². The minimum atomic E-state index is -4.23. The number of nitrogen functional groups attached to an aromatic ring is 1. The first kappa shape index (κ1) is 16.1. The summed E-state index contributed by atoms with van der Waals surface area (Å²) >= 11 is 0. The zero-order valence-electron chi connectivity index (χ0n) is 11.4. The molecule has 1 aromatic rings. The van der Waals surface area contributed by atoms with Crippen LogP contribution in [0.1, 0.15) is 25.7 Å². The number of aliphatic hydroxyl groups excluding tert-OH is 1. The predicted molar refractivity (Wildman–Crippen MR) is 73.9 cm³/mol. The molecular weight excluding hydrogens is 302 g/mol. The van der Waals surface area contributed by atoms with Gasteiger partial charge in [-0.3, -0.25) is 0 Å². The first-order valence-electron chi connectivity index (χ1n) is 6.65. The first-order chi connectivity index (χ1) is 9.80. The van der Waals surface area contributed by atoms with E-state index >= 15 is 0 Å². The quantitative estimate of drug-likeness (QED) is 0.715. The van der Waals surface area contributed by atoms with Crippen molar-refractivity contribution in [1.82, 2.24) is 4.72 Å². The van der Waals surface area contributed by atoms with E-state index in [0.717, 1.165) is 25.0 Å². The number of hydrogen-bond acceptors (Lipinski definition) is 4. The monoisotopic (exact) mass is 320 g/mol. The van der Waals surface area contributed by atoms with Crippen molar-refractivity contribution in [1.29, 1.82) is 0 Å². The van der Waals surface area contributed by atoms with E-state index in [9.17, 15) is 22.3 Å². The molecule has 0 radical (unpaired) electrons. The van der Waals surface area contributed by atoms with E-state index in [-0.39, 0.29) is 18.8 Å². The van der Waals surface area contributed by atoms with E-state index < -0.39 is 32.0 Å². The summed E-state index contributed by atoms with van der Waals surface area (Å²) in [5.74, 6) is -2.77. The highest BCUT2D eigenvalue weighted by molar-refractivity contribution is 7.89. The van der Waals surface area contributed by atoms with E-state index in [1.165, 1.54) is 0 Å². The summed E-state index contributed by atoms with van der Waals surface area (Å²) in [5, 5.41) is 9.44. The Morgan fingerprint density at radius 3 is 2.48 bits per heavy atom. The summed E-state index contributed by atoms with van der Waals surface area (Å²) in [5.41, 5.74) is 4.66. The topological polar surface area (TPSA) is 92.4 Å². The van der Waals surface area contributed by atoms with Crippen molar-refractivity contribution in [2.45, 2.75) is 30.6 Å². The van der Waals surface area contributed by atoms with Crippen LogP contribution in [-0.4, -0.2) is 26.7 Å². The molecule has 0 atom stereocenters. The van der Waals surface area contributed by atoms with Crippen LogP contribution in [0.5, 0.6) is 0 Å². The fourth-order valence-corrected chi connectivity index (χ4v) is 3.90. The number of benzene rings is 1. The first-order valence-corrected chi connectivity index (χ1v) is 8.13. The number of anilines is 1. The van der Waals surface area contributed by atoms with E-state index in [1.807, 2.05) is 0 Å². The summed E-state index contributed by atoms with van der Waals surface area (Å²) in [6, 6.07) is 1.60. The second kappa shape index (κ2) is 5.86. The second-order valence-corrected chi connectivity index (χ2v) is 7.24. The van der Waals surface area contributed by atoms with E-state index in [1.54, 1.807) is 0 Å². The Morgan fingerprint density at radius 2 is 1.90 bits per heavy atom. The molecule has 0 spiro atoms. The van der Waals surface area contributed by atoms with Crippen molar-refractivity contribution in [2.24, 2.45) is 5.41 Å². The molecule has 0 amide bonds. The van der Waals surface area contributed by atoms with Crippen molar-refractivity contribution in [3.8, 4) is 0 Å². The average molecular weight is 320 g/mol. The van der Waals surface area contributed by atoms with Crippen LogP contribution in [0.25, 0.3) is 0 Å². The SMILES string of the molecule is Nc1cc(F)c(F)c(S(=O)(=O)NCC2(CO)CCCC2)c1. The van der Waals surface area contributed by atoms with Crippen LogP contribution in [0.4, 0.5) is 14.5 Å². The highest BCUT2D eigenvalue weighted by Crippen LogP contribution is 2.37. The summed E-state index contributed by atoms with van der Waals surface area (Å²) in [6.07, 6.45) is 3.20. The molecule has 1 aliphatic carbocycles. The average Bonchev–Trinajstić information content (AvgIpc) is 2.90. The molecule has 1 aliphatic rings. The van der Waals surface area contributed by atoms with Gasteiger partial charge in [0.2, 0.25) is 10.0 Å². The molecule has 0 unspecified atom stereocenters. The molecule has 1 aromatic carbocycles. The summed E-state index contributed by atoms with van der Waals surface area (Å²) < 4.78 is 53.4. The number of nitrogens with two attached hydrogens (primary N) is 1. The van der Waals surface area contributed by atoms with Crippen molar-refractivity contribution >= 4 is 15.7 Å². The van der Waals surface area contributed by atoms with Crippen LogP contribution in [0.2, 0.25) is 0 Å². The second-order valence-electron chi connectivity index (χ2n) is 5.50. The Labute approximate surface area is 122 Å². The van der Waals surface area contributed by atoms with Gasteiger partial charge < -0.3 is 10.8 Å². The number of halogens is 2. The maximum atomic E-state index is 13.7. The number of aliphatic hydroxyl groups is 1. The van der Waals surface area contributed by atoms with E-state index in [0.29, 0.717) is 12.8 Å². The summed E-state index contributed by atoms with van der Waals surface area (Å²) in [7, 11) is -4.23. The van der Waals surface area contributed by atoms with Crippen LogP contribution in [0, 0.1) is 17.0 Å². The number of rotatable bonds is 5. The highest BCUT2D eigenvalue weighted by atomic mass is 32.2. The predicted octanol–water partition coefficient (Wildman–Crippen LogP) is 1.38.